The van der Waals surface area contributed by atoms with Gasteiger partial charge in [-0.3, -0.25) is 9.97 Å². The molecule has 0 saturated carbocycles. The lowest BCUT2D eigenvalue weighted by atomic mass is 9.94. The molecule has 2 nitrogen and oxygen atoms in total. The zero-order chi connectivity index (χ0) is 18.5. The number of nitrogens with zero attached hydrogens (tertiary/aromatic N) is 2. The highest BCUT2D eigenvalue weighted by atomic mass is 14.7. The van der Waals surface area contributed by atoms with Crippen molar-refractivity contribution >= 4 is 43.4 Å². The predicted octanol–water partition coefficient (Wildman–Crippen LogP) is 6.76. The first kappa shape index (κ1) is 15.3. The van der Waals surface area contributed by atoms with E-state index in [2.05, 4.69) is 84.9 Å². The summed E-state index contributed by atoms with van der Waals surface area (Å²) in [5.74, 6) is 0. The number of aromatic nitrogens is 2. The van der Waals surface area contributed by atoms with E-state index in [1.165, 1.54) is 27.1 Å². The predicted molar refractivity (Wildman–Crippen MR) is 117 cm³/mol. The Kier molecular flexibility index (Phi) is 3.20. The maximum Gasteiger partial charge on any atom is 0.0787 e. The molecule has 0 amide bonds. The minimum absolute atomic E-state index is 1.01. The van der Waals surface area contributed by atoms with Crippen LogP contribution in [0.1, 0.15) is 0 Å². The molecule has 0 N–H and O–H groups in total. The fraction of sp³-hybridized carbons (Fsp3) is 0. The molecule has 2 heteroatoms. The Labute approximate surface area is 162 Å². The van der Waals surface area contributed by atoms with Crippen molar-refractivity contribution in [2.45, 2.75) is 0 Å². The van der Waals surface area contributed by atoms with Crippen molar-refractivity contribution < 1.29 is 0 Å². The highest BCUT2D eigenvalue weighted by Gasteiger charge is 2.13. The van der Waals surface area contributed by atoms with Crippen LogP contribution in [0.2, 0.25) is 0 Å². The molecule has 6 aromatic rings. The molecule has 0 radical (unpaired) electrons. The van der Waals surface area contributed by atoms with Crippen molar-refractivity contribution in [3.8, 4) is 11.1 Å². The summed E-state index contributed by atoms with van der Waals surface area (Å²) >= 11 is 0. The van der Waals surface area contributed by atoms with Gasteiger partial charge in [0, 0.05) is 39.5 Å². The summed E-state index contributed by atoms with van der Waals surface area (Å²) in [5, 5.41) is 7.14. The largest absolute Gasteiger partial charge is 0.256 e. The van der Waals surface area contributed by atoms with E-state index in [1.54, 1.807) is 0 Å². The summed E-state index contributed by atoms with van der Waals surface area (Å²) in [6.07, 6.45) is 3.93. The van der Waals surface area contributed by atoms with Crippen LogP contribution < -0.4 is 0 Å². The first-order valence-electron chi connectivity index (χ1n) is 9.43. The van der Waals surface area contributed by atoms with Gasteiger partial charge < -0.3 is 0 Å². The van der Waals surface area contributed by atoms with E-state index in [4.69, 9.17) is 9.97 Å². The molecule has 0 fully saturated rings. The lowest BCUT2D eigenvalue weighted by Crippen LogP contribution is -1.90. The topological polar surface area (TPSA) is 25.8 Å². The number of para-hydroxylation sites is 1. The van der Waals surface area contributed by atoms with Gasteiger partial charge in [0.25, 0.3) is 0 Å². The van der Waals surface area contributed by atoms with Crippen molar-refractivity contribution in [3.63, 3.8) is 0 Å². The third-order valence-electron chi connectivity index (χ3n) is 5.53. The molecular weight excluding hydrogens is 340 g/mol. The Hall–Kier alpha value is -3.78. The molecular formula is C26H16N2. The summed E-state index contributed by atoms with van der Waals surface area (Å²) in [6.45, 7) is 0. The first-order chi connectivity index (χ1) is 13.9. The fourth-order valence-electron chi connectivity index (χ4n) is 4.24. The van der Waals surface area contributed by atoms with Crippen LogP contribution in [0.5, 0.6) is 0 Å². The van der Waals surface area contributed by atoms with Crippen LogP contribution in [0.25, 0.3) is 54.5 Å². The number of benzene rings is 4. The fourth-order valence-corrected chi connectivity index (χ4v) is 4.24. The molecule has 4 aromatic carbocycles. The molecule has 130 valence electrons. The molecule has 2 aromatic heterocycles. The summed E-state index contributed by atoms with van der Waals surface area (Å²) in [7, 11) is 0. The molecule has 0 saturated heterocycles. The molecule has 0 bridgehead atoms. The molecule has 6 rings (SSSR count). The Morgan fingerprint density at radius 1 is 0.464 bits per heavy atom. The average Bonchev–Trinajstić information content (AvgIpc) is 2.78. The van der Waals surface area contributed by atoms with Crippen LogP contribution in [-0.2, 0) is 0 Å². The van der Waals surface area contributed by atoms with E-state index in [0.29, 0.717) is 0 Å². The smallest absolute Gasteiger partial charge is 0.0787 e. The first-order valence-corrected chi connectivity index (χ1v) is 9.43. The van der Waals surface area contributed by atoms with Crippen molar-refractivity contribution in [2.75, 3.05) is 0 Å². The minimum Gasteiger partial charge on any atom is -0.256 e. The van der Waals surface area contributed by atoms with Crippen molar-refractivity contribution in [2.24, 2.45) is 0 Å². The molecule has 2 heterocycles. The molecule has 0 atom stereocenters. The number of fused-ring (bicyclic) bond motifs is 6. The van der Waals surface area contributed by atoms with Gasteiger partial charge >= 0.3 is 0 Å². The van der Waals surface area contributed by atoms with Gasteiger partial charge in [-0.1, -0.05) is 78.9 Å². The highest BCUT2D eigenvalue weighted by molar-refractivity contribution is 6.17. The van der Waals surface area contributed by atoms with Gasteiger partial charge in [0.1, 0.15) is 0 Å². The Bertz CT molecular complexity index is 1520. The second kappa shape index (κ2) is 5.86. The van der Waals surface area contributed by atoms with Gasteiger partial charge in [-0.05, 0) is 22.4 Å². The van der Waals surface area contributed by atoms with Crippen molar-refractivity contribution in [1.29, 1.82) is 0 Å². The van der Waals surface area contributed by atoms with Gasteiger partial charge in [-0.25, -0.2) is 0 Å². The third-order valence-corrected chi connectivity index (χ3v) is 5.53. The maximum atomic E-state index is 4.85. The van der Waals surface area contributed by atoms with E-state index >= 15 is 0 Å². The van der Waals surface area contributed by atoms with Crippen LogP contribution in [0, 0.1) is 0 Å². The molecule has 0 aliphatic heterocycles. The van der Waals surface area contributed by atoms with Gasteiger partial charge in [-0.15, -0.1) is 0 Å². The van der Waals surface area contributed by atoms with Crippen LogP contribution in [-0.4, -0.2) is 9.97 Å². The number of hydrogen-bond donors (Lipinski definition) is 0. The second-order valence-electron chi connectivity index (χ2n) is 7.09. The third kappa shape index (κ3) is 2.15. The van der Waals surface area contributed by atoms with Gasteiger partial charge in [0.2, 0.25) is 0 Å². The van der Waals surface area contributed by atoms with Crippen LogP contribution in [0.15, 0.2) is 97.3 Å². The van der Waals surface area contributed by atoms with E-state index < -0.39 is 0 Å². The summed E-state index contributed by atoms with van der Waals surface area (Å²) < 4.78 is 0. The second-order valence-corrected chi connectivity index (χ2v) is 7.09. The lowest BCUT2D eigenvalue weighted by molar-refractivity contribution is 1.43. The van der Waals surface area contributed by atoms with E-state index in [0.717, 1.165) is 27.4 Å². The number of rotatable bonds is 1. The Balaban J connectivity index is 1.78. The lowest BCUT2D eigenvalue weighted by Gasteiger charge is -2.12. The highest BCUT2D eigenvalue weighted by Crippen LogP contribution is 2.37. The summed E-state index contributed by atoms with van der Waals surface area (Å²) in [5.41, 5.74) is 4.36. The van der Waals surface area contributed by atoms with E-state index in [9.17, 15) is 0 Å². The van der Waals surface area contributed by atoms with Crippen LogP contribution in [0.4, 0.5) is 0 Å². The van der Waals surface area contributed by atoms with E-state index in [1.807, 2.05) is 12.4 Å². The molecule has 0 unspecified atom stereocenters. The van der Waals surface area contributed by atoms with Gasteiger partial charge in [0.05, 0.1) is 11.0 Å². The zero-order valence-corrected chi connectivity index (χ0v) is 15.1. The summed E-state index contributed by atoms with van der Waals surface area (Å²) in [6, 6.07) is 29.7. The van der Waals surface area contributed by atoms with Crippen molar-refractivity contribution in [3.05, 3.63) is 97.3 Å². The molecule has 0 aliphatic rings. The van der Waals surface area contributed by atoms with Crippen molar-refractivity contribution in [1.82, 2.24) is 9.97 Å². The normalized spacial score (nSPS) is 11.6. The van der Waals surface area contributed by atoms with Crippen LogP contribution in [0.3, 0.4) is 0 Å². The number of hydrogen-bond acceptors (Lipinski definition) is 2. The average molecular weight is 356 g/mol. The number of pyridine rings is 2. The van der Waals surface area contributed by atoms with Crippen LogP contribution >= 0.6 is 0 Å². The van der Waals surface area contributed by atoms with E-state index in [-0.39, 0.29) is 0 Å². The zero-order valence-electron chi connectivity index (χ0n) is 15.1. The Morgan fingerprint density at radius 3 is 2.00 bits per heavy atom. The molecule has 28 heavy (non-hydrogen) atoms. The van der Waals surface area contributed by atoms with Gasteiger partial charge in [0.15, 0.2) is 0 Å². The standard InChI is InChI=1S/C26H16N2/c1-3-9-19-17(7-1)16-28-26-22(19)12-5-13-23(26)21-11-6-14-24-25(21)20-10-4-2-8-18(20)15-27-24/h1-16H. The molecule has 0 aliphatic carbocycles. The summed E-state index contributed by atoms with van der Waals surface area (Å²) in [4.78, 5) is 9.56. The Morgan fingerprint density at radius 2 is 1.11 bits per heavy atom. The quantitative estimate of drug-likeness (QED) is 0.304. The SMILES string of the molecule is c1ccc2c(c1)cnc1c(-c3cccc4ncc5ccccc5c34)cccc12. The monoisotopic (exact) mass is 356 g/mol. The molecule has 0 spiro atoms. The maximum absolute atomic E-state index is 4.85. The minimum atomic E-state index is 1.01. The van der Waals surface area contributed by atoms with Gasteiger partial charge in [-0.2, -0.15) is 0 Å².